The van der Waals surface area contributed by atoms with Gasteiger partial charge in [0.05, 0.1) is 25.1 Å². The third-order valence-corrected chi connectivity index (χ3v) is 2.83. The lowest BCUT2D eigenvalue weighted by molar-refractivity contribution is -0.769. The van der Waals surface area contributed by atoms with Gasteiger partial charge < -0.3 is 19.0 Å². The predicted octanol–water partition coefficient (Wildman–Crippen LogP) is 0.866. The second-order valence-electron chi connectivity index (χ2n) is 3.83. The number of carbonyl (C=O) groups is 1. The van der Waals surface area contributed by atoms with Crippen molar-refractivity contribution in [1.29, 1.82) is 0 Å². The molecule has 2 aliphatic heterocycles. The molecule has 9 heteroatoms. The topological polar surface area (TPSA) is 97.1 Å². The number of nitrogens with zero attached hydrogens (tertiary/aromatic N) is 1. The number of ether oxygens (including phenoxy) is 3. The lowest BCUT2D eigenvalue weighted by Crippen LogP contribution is -2.31. The van der Waals surface area contributed by atoms with Crippen molar-refractivity contribution in [2.24, 2.45) is 0 Å². The van der Waals surface area contributed by atoms with Crippen LogP contribution in [-0.4, -0.2) is 54.9 Å². The van der Waals surface area contributed by atoms with Crippen molar-refractivity contribution in [3.63, 3.8) is 0 Å². The van der Waals surface area contributed by atoms with Gasteiger partial charge in [0.2, 0.25) is 0 Å². The summed E-state index contributed by atoms with van der Waals surface area (Å²) in [6.45, 7) is 3.07. The summed E-state index contributed by atoms with van der Waals surface area (Å²) < 4.78 is 14.9. The van der Waals surface area contributed by atoms with Gasteiger partial charge in [0.1, 0.15) is 6.10 Å². The Bertz CT molecular complexity index is 315. The third kappa shape index (κ3) is 5.93. The fourth-order valence-electron chi connectivity index (χ4n) is 1.84. The largest absolute Gasteiger partial charge is 0.465 e. The third-order valence-electron chi connectivity index (χ3n) is 2.58. The first-order chi connectivity index (χ1) is 9.08. The second kappa shape index (κ2) is 9.78. The Labute approximate surface area is 123 Å². The van der Waals surface area contributed by atoms with Gasteiger partial charge in [-0.2, -0.15) is 12.6 Å². The van der Waals surface area contributed by atoms with Crippen LogP contribution in [0.2, 0.25) is 0 Å². The first kappa shape index (κ1) is 18.9. The highest BCUT2D eigenvalue weighted by atomic mass is 32.1. The van der Waals surface area contributed by atoms with Crippen LogP contribution in [0.1, 0.15) is 20.8 Å². The zero-order valence-electron chi connectivity index (χ0n) is 10.5. The van der Waals surface area contributed by atoms with E-state index in [2.05, 4.69) is 22.2 Å². The maximum Gasteiger partial charge on any atom is 0.315 e. The van der Waals surface area contributed by atoms with E-state index in [0.29, 0.717) is 13.2 Å². The molecule has 0 radical (unpaired) electrons. The molecule has 2 saturated heterocycles. The molecule has 2 unspecified atom stereocenters. The van der Waals surface area contributed by atoms with Crippen LogP contribution in [0.15, 0.2) is 0 Å². The number of thiol groups is 1. The number of fused-ring (bicyclic) bond motifs is 1. The number of hydrogen-bond acceptors (Lipinski definition) is 8. The van der Waals surface area contributed by atoms with Crippen LogP contribution in [0.4, 0.5) is 0 Å². The molecule has 0 aromatic carbocycles. The van der Waals surface area contributed by atoms with Crippen molar-refractivity contribution in [2.75, 3.05) is 25.6 Å². The van der Waals surface area contributed by atoms with E-state index < -0.39 is 11.2 Å². The molecule has 0 amide bonds. The monoisotopic (exact) mass is 311 g/mol. The second-order valence-corrected chi connectivity index (χ2v) is 4.14. The smallest absolute Gasteiger partial charge is 0.315 e. The molecule has 0 aliphatic carbocycles. The number of carbonyl (C=O) groups excluding carboxylic acids is 1. The molecule has 0 saturated carbocycles. The van der Waals surface area contributed by atoms with E-state index in [4.69, 9.17) is 9.47 Å². The van der Waals surface area contributed by atoms with Crippen molar-refractivity contribution < 1.29 is 28.9 Å². The van der Waals surface area contributed by atoms with Crippen molar-refractivity contribution in [3.8, 4) is 0 Å². The first-order valence-electron chi connectivity index (χ1n) is 5.89. The Hall–Kier alpha value is -1.06. The van der Waals surface area contributed by atoms with Gasteiger partial charge in [0, 0.05) is 6.61 Å². The average molecular weight is 311 g/mol. The first-order valence-corrected chi connectivity index (χ1v) is 6.52. The normalized spacial score (nSPS) is 26.6. The molecule has 0 spiro atoms. The van der Waals surface area contributed by atoms with Crippen LogP contribution >= 0.6 is 12.6 Å². The maximum atomic E-state index is 10.1. The predicted molar refractivity (Wildman–Crippen MR) is 73.2 cm³/mol. The highest BCUT2D eigenvalue weighted by Gasteiger charge is 2.43. The van der Waals surface area contributed by atoms with Crippen LogP contribution in [0.25, 0.3) is 0 Å². The summed E-state index contributed by atoms with van der Waals surface area (Å²) >= 11 is 3.67. The number of rotatable bonds is 4. The van der Waals surface area contributed by atoms with Gasteiger partial charge in [-0.25, -0.2) is 0 Å². The molecule has 0 aromatic rings. The van der Waals surface area contributed by atoms with Gasteiger partial charge >= 0.3 is 5.97 Å². The zero-order chi connectivity index (χ0) is 14.3. The van der Waals surface area contributed by atoms with E-state index >= 15 is 0 Å². The minimum Gasteiger partial charge on any atom is -0.465 e. The molecule has 0 N–H and O–H groups in total. The standard InChI is InChI=1S/C6H9NO5.C4H8O2S.CH4/c8-7(9)12-5-3-11-4-1-2-10-6(4)5;1-2-6-4(5)3-7;/h4-6H,1-3H2;7H,2-3H2,1H3;1H4/t4?,5?,6-;;/m0../s1. The number of hydrogen-bond donors (Lipinski definition) is 1. The Morgan fingerprint density at radius 1 is 1.50 bits per heavy atom. The minimum atomic E-state index is -0.794. The van der Waals surface area contributed by atoms with E-state index in [1.54, 1.807) is 6.92 Å². The summed E-state index contributed by atoms with van der Waals surface area (Å²) in [6.07, 6.45) is 0.0280. The SMILES string of the molecule is C.CCOC(=O)CS.O=[N+]([O-])OC1COC2CCO[C@@H]21. The quantitative estimate of drug-likeness (QED) is 0.356. The van der Waals surface area contributed by atoms with Crippen molar-refractivity contribution >= 4 is 18.6 Å². The summed E-state index contributed by atoms with van der Waals surface area (Å²) in [5.41, 5.74) is 0. The fraction of sp³-hybridized carbons (Fsp3) is 0.909. The Morgan fingerprint density at radius 2 is 2.20 bits per heavy atom. The fourth-order valence-corrected chi connectivity index (χ4v) is 1.93. The van der Waals surface area contributed by atoms with Crippen molar-refractivity contribution in [3.05, 3.63) is 10.1 Å². The van der Waals surface area contributed by atoms with E-state index in [9.17, 15) is 14.9 Å². The summed E-state index contributed by atoms with van der Waals surface area (Å²) in [6, 6.07) is 0. The molecule has 2 aliphatic rings. The highest BCUT2D eigenvalue weighted by molar-refractivity contribution is 7.81. The number of esters is 1. The molecule has 0 bridgehead atoms. The lowest BCUT2D eigenvalue weighted by atomic mass is 10.1. The summed E-state index contributed by atoms with van der Waals surface area (Å²) in [7, 11) is 0. The van der Waals surface area contributed by atoms with E-state index in [1.807, 2.05) is 0 Å². The molecule has 20 heavy (non-hydrogen) atoms. The molecule has 8 nitrogen and oxygen atoms in total. The van der Waals surface area contributed by atoms with Crippen LogP contribution in [0.3, 0.4) is 0 Å². The molecule has 2 heterocycles. The molecule has 118 valence electrons. The highest BCUT2D eigenvalue weighted by Crippen LogP contribution is 2.28. The Kier molecular flexibility index (Phi) is 9.26. The van der Waals surface area contributed by atoms with Gasteiger partial charge in [0.15, 0.2) is 6.10 Å². The molecular formula is C11H21NO7S. The van der Waals surface area contributed by atoms with Gasteiger partial charge in [-0.3, -0.25) is 4.79 Å². The summed E-state index contributed by atoms with van der Waals surface area (Å²) in [5, 5.41) is 9.22. The van der Waals surface area contributed by atoms with Gasteiger partial charge in [-0.1, -0.05) is 7.43 Å². The van der Waals surface area contributed by atoms with Gasteiger partial charge in [-0.05, 0) is 13.3 Å². The van der Waals surface area contributed by atoms with Crippen LogP contribution in [0.5, 0.6) is 0 Å². The van der Waals surface area contributed by atoms with Crippen molar-refractivity contribution in [1.82, 2.24) is 0 Å². The van der Waals surface area contributed by atoms with E-state index in [1.165, 1.54) is 0 Å². The Morgan fingerprint density at radius 3 is 2.70 bits per heavy atom. The summed E-state index contributed by atoms with van der Waals surface area (Å²) in [5.74, 6) is -0.0840. The van der Waals surface area contributed by atoms with Gasteiger partial charge in [0.25, 0.3) is 5.09 Å². The minimum absolute atomic E-state index is 0. The molecular weight excluding hydrogens is 290 g/mol. The molecule has 2 fully saturated rings. The molecule has 3 atom stereocenters. The van der Waals surface area contributed by atoms with Crippen LogP contribution in [-0.2, 0) is 23.8 Å². The van der Waals surface area contributed by atoms with E-state index in [-0.39, 0.29) is 38.0 Å². The maximum absolute atomic E-state index is 10.1. The average Bonchev–Trinajstić information content (AvgIpc) is 2.95. The zero-order valence-corrected chi connectivity index (χ0v) is 11.4. The van der Waals surface area contributed by atoms with Crippen LogP contribution in [0, 0.1) is 10.1 Å². The molecule has 0 aromatic heterocycles. The lowest BCUT2D eigenvalue weighted by Gasteiger charge is -2.12. The summed E-state index contributed by atoms with van der Waals surface area (Å²) in [4.78, 5) is 24.5. The van der Waals surface area contributed by atoms with Gasteiger partial charge in [-0.15, -0.1) is 10.1 Å². The van der Waals surface area contributed by atoms with Crippen molar-refractivity contribution in [2.45, 2.75) is 39.1 Å². The van der Waals surface area contributed by atoms with Crippen LogP contribution < -0.4 is 0 Å². The Balaban J connectivity index is 0.000000396. The van der Waals surface area contributed by atoms with E-state index in [0.717, 1.165) is 6.42 Å². The molecule has 2 rings (SSSR count).